The van der Waals surface area contributed by atoms with Crippen molar-refractivity contribution < 1.29 is 14.2 Å². The molecule has 5 nitrogen and oxygen atoms in total. The summed E-state index contributed by atoms with van der Waals surface area (Å²) in [4.78, 5) is 4.11. The fourth-order valence-electron chi connectivity index (χ4n) is 1.46. The van der Waals surface area contributed by atoms with Crippen LogP contribution in [0.5, 0.6) is 0 Å². The Morgan fingerprint density at radius 3 is 2.76 bits per heavy atom. The number of nitrogens with zero attached hydrogens (tertiary/aromatic N) is 2. The summed E-state index contributed by atoms with van der Waals surface area (Å²) in [6, 6.07) is 2.08. The highest BCUT2D eigenvalue weighted by Gasteiger charge is 2.16. The fourth-order valence-corrected chi connectivity index (χ4v) is 1.46. The lowest BCUT2D eigenvalue weighted by atomic mass is 10.1. The number of ether oxygens (including phenoxy) is 3. The normalized spacial score (nSPS) is 29.3. The molecule has 17 heavy (non-hydrogen) atoms. The van der Waals surface area contributed by atoms with E-state index < -0.39 is 0 Å². The van der Waals surface area contributed by atoms with Crippen LogP contribution in [0.2, 0.25) is 0 Å². The average Bonchev–Trinajstić information content (AvgIpc) is 2.33. The molecule has 0 saturated carbocycles. The molecule has 0 aliphatic carbocycles. The molecule has 0 amide bonds. The molecule has 0 aromatic carbocycles. The van der Waals surface area contributed by atoms with Crippen molar-refractivity contribution in [2.45, 2.75) is 19.4 Å². The Morgan fingerprint density at radius 2 is 2.24 bits per heavy atom. The summed E-state index contributed by atoms with van der Waals surface area (Å²) in [7, 11) is 2.99. The molecule has 0 fully saturated rings. The van der Waals surface area contributed by atoms with Gasteiger partial charge in [-0.1, -0.05) is 6.08 Å². The zero-order chi connectivity index (χ0) is 12.7. The summed E-state index contributed by atoms with van der Waals surface area (Å²) in [6.45, 7) is 2.49. The Kier molecular flexibility index (Phi) is 5.24. The van der Waals surface area contributed by atoms with Gasteiger partial charge in [-0.15, -0.1) is 0 Å². The summed E-state index contributed by atoms with van der Waals surface area (Å²) >= 11 is 0. The van der Waals surface area contributed by atoms with Gasteiger partial charge in [0, 0.05) is 13.0 Å². The minimum Gasteiger partial charge on any atom is -0.481 e. The highest BCUT2D eigenvalue weighted by atomic mass is 16.5. The van der Waals surface area contributed by atoms with Crippen molar-refractivity contribution in [2.24, 2.45) is 4.99 Å². The number of hydrogen-bond donors (Lipinski definition) is 0. The lowest BCUT2D eigenvalue weighted by Gasteiger charge is -2.15. The van der Waals surface area contributed by atoms with Crippen molar-refractivity contribution in [1.29, 1.82) is 5.26 Å². The third-order valence-electron chi connectivity index (χ3n) is 2.25. The van der Waals surface area contributed by atoms with Crippen LogP contribution in [0.4, 0.5) is 0 Å². The molecule has 5 heteroatoms. The average molecular weight is 236 g/mol. The van der Waals surface area contributed by atoms with Crippen LogP contribution in [0.25, 0.3) is 0 Å². The third-order valence-corrected chi connectivity index (χ3v) is 2.25. The largest absolute Gasteiger partial charge is 0.481 e. The molecule has 1 unspecified atom stereocenters. The highest BCUT2D eigenvalue weighted by Crippen LogP contribution is 2.18. The zero-order valence-electron chi connectivity index (χ0n) is 10.3. The second-order valence-electron chi connectivity index (χ2n) is 3.31. The van der Waals surface area contributed by atoms with Gasteiger partial charge in [0.15, 0.2) is 0 Å². The molecule has 1 heterocycles. The number of nitriles is 1. The van der Waals surface area contributed by atoms with E-state index in [-0.39, 0.29) is 12.0 Å². The molecule has 0 spiro atoms. The van der Waals surface area contributed by atoms with E-state index in [2.05, 4.69) is 11.1 Å². The van der Waals surface area contributed by atoms with E-state index in [1.54, 1.807) is 6.08 Å². The maximum absolute atomic E-state index is 9.08. The highest BCUT2D eigenvalue weighted by molar-refractivity contribution is 5.88. The molecule has 92 valence electrons. The van der Waals surface area contributed by atoms with Crippen molar-refractivity contribution in [3.05, 3.63) is 23.6 Å². The molecule has 0 aromatic rings. The van der Waals surface area contributed by atoms with E-state index in [1.807, 2.05) is 13.0 Å². The van der Waals surface area contributed by atoms with E-state index in [0.29, 0.717) is 24.5 Å². The second-order valence-corrected chi connectivity index (χ2v) is 3.31. The van der Waals surface area contributed by atoms with Crippen LogP contribution in [0.1, 0.15) is 13.3 Å². The Labute approximate surface area is 101 Å². The Bertz CT molecular complexity index is 391. The van der Waals surface area contributed by atoms with Gasteiger partial charge in [-0.2, -0.15) is 10.3 Å². The van der Waals surface area contributed by atoms with Gasteiger partial charge in [0.05, 0.1) is 25.9 Å². The van der Waals surface area contributed by atoms with E-state index in [1.165, 1.54) is 14.2 Å². The van der Waals surface area contributed by atoms with Gasteiger partial charge in [0.1, 0.15) is 6.07 Å². The van der Waals surface area contributed by atoms with Crippen LogP contribution in [0.3, 0.4) is 0 Å². The first-order valence-electron chi connectivity index (χ1n) is 5.34. The van der Waals surface area contributed by atoms with Gasteiger partial charge in [-0.3, -0.25) is 0 Å². The number of hydrogen-bond acceptors (Lipinski definition) is 5. The first-order valence-corrected chi connectivity index (χ1v) is 5.34. The maximum atomic E-state index is 9.08. The van der Waals surface area contributed by atoms with Gasteiger partial charge in [0.25, 0.3) is 0 Å². The fraction of sp³-hybridized carbons (Fsp3) is 0.500. The minimum atomic E-state index is -0.166. The molecule has 0 bridgehead atoms. The van der Waals surface area contributed by atoms with Crippen molar-refractivity contribution in [2.75, 3.05) is 20.8 Å². The Hall–Kier alpha value is -1.80. The summed E-state index contributed by atoms with van der Waals surface area (Å²) in [5.74, 6) is 0.664. The van der Waals surface area contributed by atoms with E-state index >= 15 is 0 Å². The van der Waals surface area contributed by atoms with Crippen molar-refractivity contribution in [1.82, 2.24) is 0 Å². The summed E-state index contributed by atoms with van der Waals surface area (Å²) in [6.07, 6.45) is 3.83. The van der Waals surface area contributed by atoms with Gasteiger partial charge < -0.3 is 14.2 Å². The zero-order valence-corrected chi connectivity index (χ0v) is 10.3. The Balaban J connectivity index is 3.09. The van der Waals surface area contributed by atoms with E-state index in [9.17, 15) is 0 Å². The van der Waals surface area contributed by atoms with Crippen molar-refractivity contribution in [3.63, 3.8) is 0 Å². The monoisotopic (exact) mass is 236 g/mol. The lowest BCUT2D eigenvalue weighted by molar-refractivity contribution is 0.0960. The lowest BCUT2D eigenvalue weighted by Crippen LogP contribution is -2.15. The minimum absolute atomic E-state index is 0.166. The molecular weight excluding hydrogens is 220 g/mol. The van der Waals surface area contributed by atoms with E-state index in [0.717, 1.165) is 0 Å². The molecule has 0 N–H and O–H groups in total. The molecule has 0 saturated heterocycles. The van der Waals surface area contributed by atoms with Crippen molar-refractivity contribution >= 4 is 5.90 Å². The molecule has 1 aliphatic rings. The van der Waals surface area contributed by atoms with Gasteiger partial charge in [0.2, 0.25) is 11.8 Å². The topological polar surface area (TPSA) is 63.8 Å². The van der Waals surface area contributed by atoms with Crippen LogP contribution in [0.15, 0.2) is 28.6 Å². The molecule has 1 atom stereocenters. The number of rotatable bonds is 3. The predicted molar refractivity (Wildman–Crippen MR) is 63.3 cm³/mol. The number of aliphatic imine (C=N–C) groups is 1. The summed E-state index contributed by atoms with van der Waals surface area (Å²) in [5, 5.41) is 9.08. The van der Waals surface area contributed by atoms with Crippen LogP contribution in [-0.2, 0) is 14.2 Å². The molecular formula is C12H16N2O3. The quantitative estimate of drug-likeness (QED) is 0.749. The predicted octanol–water partition coefficient (Wildman–Crippen LogP) is 1.78. The van der Waals surface area contributed by atoms with Crippen LogP contribution in [-0.4, -0.2) is 32.8 Å². The number of methoxy groups -OCH3 is 2. The third kappa shape index (κ3) is 3.61. The SMILES string of the molecule is CCOC1\C=C/C(OC)=N\C(OC)=C(\C#N)C1. The standard InChI is InChI=1S/C12H16N2O3/c1-4-17-10-5-6-11(15-2)14-12(16-3)9(7-10)8-13/h5-6,10H,4,7H2,1-3H3/b6-5-,12-9-,14-11+. The summed E-state index contributed by atoms with van der Waals surface area (Å²) < 4.78 is 15.6. The smallest absolute Gasteiger partial charge is 0.230 e. The van der Waals surface area contributed by atoms with Gasteiger partial charge in [-0.25, -0.2) is 0 Å². The first-order chi connectivity index (χ1) is 8.24. The summed E-state index contributed by atoms with van der Waals surface area (Å²) in [5.41, 5.74) is 0.449. The van der Waals surface area contributed by atoms with Crippen LogP contribution >= 0.6 is 0 Å². The van der Waals surface area contributed by atoms with Crippen LogP contribution in [0, 0.1) is 11.3 Å². The van der Waals surface area contributed by atoms with E-state index in [4.69, 9.17) is 19.5 Å². The Morgan fingerprint density at radius 1 is 1.47 bits per heavy atom. The van der Waals surface area contributed by atoms with Gasteiger partial charge in [-0.05, 0) is 13.0 Å². The first kappa shape index (κ1) is 13.3. The second kappa shape index (κ2) is 6.71. The molecule has 1 rings (SSSR count). The maximum Gasteiger partial charge on any atom is 0.230 e. The van der Waals surface area contributed by atoms with Crippen molar-refractivity contribution in [3.8, 4) is 6.07 Å². The molecule has 0 aromatic heterocycles. The molecule has 1 aliphatic heterocycles. The van der Waals surface area contributed by atoms with Gasteiger partial charge >= 0.3 is 0 Å². The van der Waals surface area contributed by atoms with Crippen LogP contribution < -0.4 is 0 Å². The molecule has 0 radical (unpaired) electrons.